The van der Waals surface area contributed by atoms with Gasteiger partial charge >= 0.3 is 12.0 Å². The number of amides is 2. The fraction of sp³-hybridized carbons (Fsp3) is 0.800. The van der Waals surface area contributed by atoms with E-state index in [0.29, 0.717) is 32.5 Å². The minimum absolute atomic E-state index is 0.228. The molecule has 0 bridgehead atoms. The summed E-state index contributed by atoms with van der Waals surface area (Å²) in [4.78, 5) is 23.6. The largest absolute Gasteiger partial charge is 0.481 e. The van der Waals surface area contributed by atoms with Gasteiger partial charge < -0.3 is 20.4 Å². The van der Waals surface area contributed by atoms with Gasteiger partial charge in [-0.3, -0.25) is 4.79 Å². The Hall–Kier alpha value is -1.30. The van der Waals surface area contributed by atoms with Gasteiger partial charge in [0, 0.05) is 19.6 Å². The first kappa shape index (κ1) is 12.8. The first-order valence-electron chi connectivity index (χ1n) is 5.44. The van der Waals surface area contributed by atoms with E-state index in [1.54, 1.807) is 6.92 Å². The second-order valence-electron chi connectivity index (χ2n) is 4.15. The molecule has 2 amide bonds. The second-order valence-corrected chi connectivity index (χ2v) is 4.15. The van der Waals surface area contributed by atoms with Crippen LogP contribution in [0.1, 0.15) is 19.8 Å². The van der Waals surface area contributed by atoms with Crippen LogP contribution in [-0.4, -0.2) is 52.9 Å². The number of carboxylic acids is 1. The lowest BCUT2D eigenvalue weighted by Crippen LogP contribution is -2.39. The summed E-state index contributed by atoms with van der Waals surface area (Å²) in [6.45, 7) is 2.87. The van der Waals surface area contributed by atoms with E-state index in [2.05, 4.69) is 5.32 Å². The number of nitrogens with one attached hydrogen (secondary N) is 1. The summed E-state index contributed by atoms with van der Waals surface area (Å²) in [7, 11) is 0. The SMILES string of the molecule is CC(CCNC(=O)N1CCC(O)C1)C(=O)O. The summed E-state index contributed by atoms with van der Waals surface area (Å²) in [5.41, 5.74) is 0. The molecule has 0 saturated carbocycles. The van der Waals surface area contributed by atoms with Gasteiger partial charge in [-0.05, 0) is 12.8 Å². The third-order valence-corrected chi connectivity index (χ3v) is 2.73. The molecule has 1 saturated heterocycles. The quantitative estimate of drug-likeness (QED) is 0.627. The van der Waals surface area contributed by atoms with Crippen LogP contribution in [0.25, 0.3) is 0 Å². The average molecular weight is 230 g/mol. The van der Waals surface area contributed by atoms with Crippen LogP contribution < -0.4 is 5.32 Å². The average Bonchev–Trinajstić information content (AvgIpc) is 2.64. The number of carboxylic acid groups (broad SMARTS) is 1. The summed E-state index contributed by atoms with van der Waals surface area (Å²) in [6.07, 6.45) is 0.597. The number of nitrogens with zero attached hydrogens (tertiary/aromatic N) is 1. The molecule has 0 radical (unpaired) electrons. The van der Waals surface area contributed by atoms with Crippen molar-refractivity contribution >= 4 is 12.0 Å². The van der Waals surface area contributed by atoms with Crippen LogP contribution >= 0.6 is 0 Å². The van der Waals surface area contributed by atoms with Gasteiger partial charge in [-0.1, -0.05) is 6.92 Å². The van der Waals surface area contributed by atoms with Crippen molar-refractivity contribution in [3.8, 4) is 0 Å². The molecule has 2 unspecified atom stereocenters. The fourth-order valence-corrected chi connectivity index (χ4v) is 1.56. The van der Waals surface area contributed by atoms with E-state index in [0.717, 1.165) is 0 Å². The maximum atomic E-state index is 11.5. The highest BCUT2D eigenvalue weighted by Gasteiger charge is 2.24. The molecule has 2 atom stereocenters. The molecule has 6 heteroatoms. The van der Waals surface area contributed by atoms with E-state index < -0.39 is 18.0 Å². The zero-order chi connectivity index (χ0) is 12.1. The van der Waals surface area contributed by atoms with Crippen molar-refractivity contribution in [3.05, 3.63) is 0 Å². The molecule has 16 heavy (non-hydrogen) atoms. The zero-order valence-corrected chi connectivity index (χ0v) is 9.35. The van der Waals surface area contributed by atoms with Crippen LogP contribution in [0.4, 0.5) is 4.79 Å². The smallest absolute Gasteiger partial charge is 0.317 e. The lowest BCUT2D eigenvalue weighted by Gasteiger charge is -2.16. The van der Waals surface area contributed by atoms with Gasteiger partial charge in [-0.2, -0.15) is 0 Å². The van der Waals surface area contributed by atoms with Gasteiger partial charge in [0.15, 0.2) is 0 Å². The van der Waals surface area contributed by atoms with Crippen LogP contribution in [0, 0.1) is 5.92 Å². The summed E-state index contributed by atoms with van der Waals surface area (Å²) in [5, 5.41) is 20.5. The Kier molecular flexibility index (Phi) is 4.54. The topological polar surface area (TPSA) is 89.9 Å². The van der Waals surface area contributed by atoms with Crippen LogP contribution in [-0.2, 0) is 4.79 Å². The number of hydrogen-bond acceptors (Lipinski definition) is 3. The summed E-state index contributed by atoms with van der Waals surface area (Å²) < 4.78 is 0. The Bertz CT molecular complexity index is 270. The van der Waals surface area contributed by atoms with Crippen LogP contribution in [0.15, 0.2) is 0 Å². The summed E-state index contributed by atoms with van der Waals surface area (Å²) >= 11 is 0. The van der Waals surface area contributed by atoms with E-state index >= 15 is 0 Å². The highest BCUT2D eigenvalue weighted by atomic mass is 16.4. The van der Waals surface area contributed by atoms with E-state index in [1.807, 2.05) is 0 Å². The van der Waals surface area contributed by atoms with Gasteiger partial charge in [0.05, 0.1) is 12.0 Å². The van der Waals surface area contributed by atoms with Crippen molar-refractivity contribution in [1.29, 1.82) is 0 Å². The number of likely N-dealkylation sites (tertiary alicyclic amines) is 1. The molecule has 1 aliphatic heterocycles. The van der Waals surface area contributed by atoms with Crippen molar-refractivity contribution in [3.63, 3.8) is 0 Å². The molecule has 0 aromatic carbocycles. The Balaban J connectivity index is 2.18. The molecule has 1 heterocycles. The van der Waals surface area contributed by atoms with Crippen molar-refractivity contribution < 1.29 is 19.8 Å². The number of hydrogen-bond donors (Lipinski definition) is 3. The molecule has 1 fully saturated rings. The van der Waals surface area contributed by atoms with E-state index in [9.17, 15) is 14.7 Å². The molecular formula is C10H18N2O4. The first-order chi connectivity index (χ1) is 7.50. The van der Waals surface area contributed by atoms with Gasteiger partial charge in [-0.25, -0.2) is 4.79 Å². The molecule has 1 aliphatic rings. The van der Waals surface area contributed by atoms with Crippen LogP contribution in [0.5, 0.6) is 0 Å². The zero-order valence-electron chi connectivity index (χ0n) is 9.35. The highest BCUT2D eigenvalue weighted by molar-refractivity contribution is 5.74. The number of aliphatic hydroxyl groups excluding tert-OH is 1. The van der Waals surface area contributed by atoms with E-state index in [-0.39, 0.29) is 6.03 Å². The van der Waals surface area contributed by atoms with Crippen molar-refractivity contribution in [2.24, 2.45) is 5.92 Å². The first-order valence-corrected chi connectivity index (χ1v) is 5.44. The lowest BCUT2D eigenvalue weighted by molar-refractivity contribution is -0.141. The predicted molar refractivity (Wildman–Crippen MR) is 57.0 cm³/mol. The number of rotatable bonds is 4. The van der Waals surface area contributed by atoms with Crippen molar-refractivity contribution in [2.75, 3.05) is 19.6 Å². The van der Waals surface area contributed by atoms with Crippen molar-refractivity contribution in [2.45, 2.75) is 25.9 Å². The second kappa shape index (κ2) is 5.69. The molecule has 0 aromatic rings. The van der Waals surface area contributed by atoms with E-state index in [1.165, 1.54) is 4.90 Å². The third kappa shape index (κ3) is 3.69. The van der Waals surface area contributed by atoms with Gasteiger partial charge in [0.1, 0.15) is 0 Å². The normalized spacial score (nSPS) is 21.9. The predicted octanol–water partition coefficient (Wildman–Crippen LogP) is -0.127. The highest BCUT2D eigenvalue weighted by Crippen LogP contribution is 2.08. The minimum atomic E-state index is -0.856. The summed E-state index contributed by atoms with van der Waals surface area (Å²) in [6, 6.07) is -0.228. The number of urea groups is 1. The molecule has 0 aliphatic carbocycles. The molecular weight excluding hydrogens is 212 g/mol. The number of aliphatic carboxylic acids is 1. The monoisotopic (exact) mass is 230 g/mol. The van der Waals surface area contributed by atoms with Gasteiger partial charge in [0.25, 0.3) is 0 Å². The van der Waals surface area contributed by atoms with Crippen LogP contribution in [0.2, 0.25) is 0 Å². The Morgan fingerprint density at radius 3 is 2.75 bits per heavy atom. The Morgan fingerprint density at radius 1 is 1.56 bits per heavy atom. The molecule has 3 N–H and O–H groups in total. The molecule has 0 spiro atoms. The van der Waals surface area contributed by atoms with E-state index in [4.69, 9.17) is 5.11 Å². The van der Waals surface area contributed by atoms with Crippen LogP contribution in [0.3, 0.4) is 0 Å². The van der Waals surface area contributed by atoms with Gasteiger partial charge in [-0.15, -0.1) is 0 Å². The number of carbonyl (C=O) groups is 2. The number of carbonyl (C=O) groups excluding carboxylic acids is 1. The molecule has 92 valence electrons. The molecule has 0 aromatic heterocycles. The molecule has 6 nitrogen and oxygen atoms in total. The summed E-state index contributed by atoms with van der Waals surface area (Å²) in [5.74, 6) is -1.31. The fourth-order valence-electron chi connectivity index (χ4n) is 1.56. The number of aliphatic hydroxyl groups is 1. The van der Waals surface area contributed by atoms with Crippen molar-refractivity contribution in [1.82, 2.24) is 10.2 Å². The van der Waals surface area contributed by atoms with Gasteiger partial charge in [0.2, 0.25) is 0 Å². The maximum Gasteiger partial charge on any atom is 0.317 e. The maximum absolute atomic E-state index is 11.5. The third-order valence-electron chi connectivity index (χ3n) is 2.73. The lowest BCUT2D eigenvalue weighted by atomic mass is 10.1. The Labute approximate surface area is 94.2 Å². The Morgan fingerprint density at radius 2 is 2.25 bits per heavy atom. The molecule has 1 rings (SSSR count). The minimum Gasteiger partial charge on any atom is -0.481 e. The standard InChI is InChI=1S/C10H18N2O4/c1-7(9(14)15)2-4-11-10(16)12-5-3-8(13)6-12/h7-8,13H,2-6H2,1H3,(H,11,16)(H,14,15). The number of β-amino-alcohol motifs (C(OH)–C–C–N with tert-alkyl or cyclic N) is 1.